The largest absolute Gasteiger partial charge is 0.381 e. The molecular formula is C17H27BClN2O2. The van der Waals surface area contributed by atoms with E-state index in [9.17, 15) is 0 Å². The van der Waals surface area contributed by atoms with Crippen molar-refractivity contribution in [2.75, 3.05) is 40.0 Å². The van der Waals surface area contributed by atoms with Crippen molar-refractivity contribution >= 4 is 20.0 Å². The van der Waals surface area contributed by atoms with Gasteiger partial charge in [0, 0.05) is 46.3 Å². The van der Waals surface area contributed by atoms with E-state index < -0.39 is 0 Å². The van der Waals surface area contributed by atoms with Crippen LogP contribution in [0.3, 0.4) is 0 Å². The maximum absolute atomic E-state index is 6.03. The molecule has 1 aromatic rings. The van der Waals surface area contributed by atoms with E-state index >= 15 is 0 Å². The Kier molecular flexibility index (Phi) is 9.83. The van der Waals surface area contributed by atoms with Gasteiger partial charge in [0.1, 0.15) is 6.23 Å². The van der Waals surface area contributed by atoms with Gasteiger partial charge in [0.25, 0.3) is 0 Å². The number of ether oxygens (including phenoxy) is 2. The number of hydrogen-bond acceptors (Lipinski definition) is 4. The summed E-state index contributed by atoms with van der Waals surface area (Å²) in [6, 6.07) is 6.23. The molecule has 0 spiro atoms. The van der Waals surface area contributed by atoms with Crippen LogP contribution in [-0.4, -0.2) is 59.5 Å². The van der Waals surface area contributed by atoms with Gasteiger partial charge in [-0.1, -0.05) is 23.7 Å². The number of likely N-dealkylation sites (N-methyl/N-ethyl adjacent to an activating group) is 1. The molecule has 2 aliphatic heterocycles. The standard InChI is InChI=1S/C13H19ClN2O.C4H8O.B/c1-10-7-11(3-4-12(10)14)8-16-5-6-17-13(9-16)15-2;1-2-4-5-3-1;/h3-4,7,13,15H,5-6,8-9H2,1-2H3;1-4H2;/t13-;;/m0../s1. The van der Waals surface area contributed by atoms with E-state index in [1.165, 1.54) is 18.4 Å². The number of rotatable bonds is 3. The Balaban J connectivity index is 0.000000377. The summed E-state index contributed by atoms with van der Waals surface area (Å²) in [7, 11) is 1.93. The van der Waals surface area contributed by atoms with Crippen molar-refractivity contribution in [2.45, 2.75) is 32.5 Å². The maximum Gasteiger partial charge on any atom is 0.120 e. The molecule has 4 nitrogen and oxygen atoms in total. The molecule has 0 bridgehead atoms. The fourth-order valence-electron chi connectivity index (χ4n) is 2.59. The summed E-state index contributed by atoms with van der Waals surface area (Å²) >= 11 is 6.03. The zero-order valence-corrected chi connectivity index (χ0v) is 14.9. The van der Waals surface area contributed by atoms with Gasteiger partial charge in [-0.2, -0.15) is 0 Å². The van der Waals surface area contributed by atoms with Crippen molar-refractivity contribution < 1.29 is 9.47 Å². The number of aryl methyl sites for hydroxylation is 1. The third-order valence-corrected chi connectivity index (χ3v) is 4.35. The summed E-state index contributed by atoms with van der Waals surface area (Å²) in [4.78, 5) is 2.40. The van der Waals surface area contributed by atoms with Gasteiger partial charge in [-0.05, 0) is 44.0 Å². The van der Waals surface area contributed by atoms with Crippen molar-refractivity contribution in [3.8, 4) is 0 Å². The molecule has 1 aromatic carbocycles. The van der Waals surface area contributed by atoms with Gasteiger partial charge in [-0.3, -0.25) is 10.2 Å². The van der Waals surface area contributed by atoms with Crippen LogP contribution < -0.4 is 5.32 Å². The molecule has 0 aromatic heterocycles. The van der Waals surface area contributed by atoms with Crippen molar-refractivity contribution in [3.63, 3.8) is 0 Å². The molecule has 0 aliphatic carbocycles. The highest BCUT2D eigenvalue weighted by molar-refractivity contribution is 6.31. The first-order valence-electron chi connectivity index (χ1n) is 8.03. The van der Waals surface area contributed by atoms with Gasteiger partial charge in [-0.25, -0.2) is 0 Å². The average molecular weight is 338 g/mol. The van der Waals surface area contributed by atoms with E-state index in [0.717, 1.165) is 50.0 Å². The molecule has 1 atom stereocenters. The summed E-state index contributed by atoms with van der Waals surface area (Å²) in [5.74, 6) is 0. The van der Waals surface area contributed by atoms with Crippen molar-refractivity contribution in [2.24, 2.45) is 0 Å². The number of nitrogens with zero attached hydrogens (tertiary/aromatic N) is 1. The van der Waals surface area contributed by atoms with Gasteiger partial charge >= 0.3 is 0 Å². The van der Waals surface area contributed by atoms with E-state index in [0.29, 0.717) is 0 Å². The normalized spacial score (nSPS) is 21.3. The van der Waals surface area contributed by atoms with Gasteiger partial charge in [0.2, 0.25) is 0 Å². The first-order chi connectivity index (χ1) is 10.7. The number of morpholine rings is 1. The number of nitrogens with one attached hydrogen (secondary N) is 1. The summed E-state index contributed by atoms with van der Waals surface area (Å²) in [5, 5.41) is 3.99. The van der Waals surface area contributed by atoms with E-state index in [1.54, 1.807) is 0 Å². The molecule has 23 heavy (non-hydrogen) atoms. The molecule has 2 aliphatic rings. The summed E-state index contributed by atoms with van der Waals surface area (Å²) in [5.41, 5.74) is 2.45. The Hall–Kier alpha value is -0.585. The van der Waals surface area contributed by atoms with Crippen LogP contribution >= 0.6 is 11.6 Å². The third kappa shape index (κ3) is 7.23. The first-order valence-corrected chi connectivity index (χ1v) is 8.41. The van der Waals surface area contributed by atoms with Crippen LogP contribution in [0.4, 0.5) is 0 Å². The second-order valence-corrected chi connectivity index (χ2v) is 6.19. The van der Waals surface area contributed by atoms with Gasteiger partial charge in [0.05, 0.1) is 6.61 Å². The monoisotopic (exact) mass is 337 g/mol. The molecular weight excluding hydrogens is 310 g/mol. The Morgan fingerprint density at radius 3 is 2.57 bits per heavy atom. The number of halogens is 1. The van der Waals surface area contributed by atoms with Crippen LogP contribution in [0.5, 0.6) is 0 Å². The summed E-state index contributed by atoms with van der Waals surface area (Å²) in [6.45, 7) is 7.71. The predicted octanol–water partition coefficient (Wildman–Crippen LogP) is 2.44. The smallest absolute Gasteiger partial charge is 0.120 e. The Bertz CT molecular complexity index is 451. The molecule has 6 heteroatoms. The van der Waals surface area contributed by atoms with Crippen molar-refractivity contribution in [1.29, 1.82) is 0 Å². The van der Waals surface area contributed by atoms with Crippen LogP contribution in [0.25, 0.3) is 0 Å². The fourth-order valence-corrected chi connectivity index (χ4v) is 2.71. The Labute approximate surface area is 147 Å². The Morgan fingerprint density at radius 2 is 2.00 bits per heavy atom. The first kappa shape index (κ1) is 20.5. The Morgan fingerprint density at radius 1 is 1.26 bits per heavy atom. The average Bonchev–Trinajstić information content (AvgIpc) is 3.11. The minimum atomic E-state index is 0. The molecule has 3 rings (SSSR count). The topological polar surface area (TPSA) is 33.7 Å². The highest BCUT2D eigenvalue weighted by Gasteiger charge is 2.18. The zero-order valence-electron chi connectivity index (χ0n) is 14.2. The lowest BCUT2D eigenvalue weighted by Crippen LogP contribution is -2.47. The van der Waals surface area contributed by atoms with E-state index in [-0.39, 0.29) is 14.6 Å². The van der Waals surface area contributed by atoms with Gasteiger partial charge < -0.3 is 9.47 Å². The molecule has 2 fully saturated rings. The lowest BCUT2D eigenvalue weighted by atomic mass is 10.1. The van der Waals surface area contributed by atoms with Crippen molar-refractivity contribution in [3.05, 3.63) is 34.3 Å². The van der Waals surface area contributed by atoms with Crippen molar-refractivity contribution in [1.82, 2.24) is 10.2 Å². The quantitative estimate of drug-likeness (QED) is 0.859. The molecule has 0 saturated carbocycles. The van der Waals surface area contributed by atoms with Gasteiger partial charge in [0.15, 0.2) is 0 Å². The second kappa shape index (κ2) is 11.1. The lowest BCUT2D eigenvalue weighted by molar-refractivity contribution is -0.0442. The highest BCUT2D eigenvalue weighted by Crippen LogP contribution is 2.18. The number of benzene rings is 1. The van der Waals surface area contributed by atoms with E-state index in [4.69, 9.17) is 21.1 Å². The van der Waals surface area contributed by atoms with Crippen LogP contribution in [0, 0.1) is 6.92 Å². The minimum absolute atomic E-state index is 0. The molecule has 127 valence electrons. The summed E-state index contributed by atoms with van der Waals surface area (Å²) < 4.78 is 10.5. The lowest BCUT2D eigenvalue weighted by Gasteiger charge is -2.32. The second-order valence-electron chi connectivity index (χ2n) is 5.79. The SMILES string of the molecule is C1CCOC1.CN[C@@H]1CN(Cc2ccc(Cl)c(C)c2)CCO1.[B]. The predicted molar refractivity (Wildman–Crippen MR) is 96.1 cm³/mol. The maximum atomic E-state index is 6.03. The fraction of sp³-hybridized carbons (Fsp3) is 0.647. The van der Waals surface area contributed by atoms with Crippen LogP contribution in [-0.2, 0) is 16.0 Å². The van der Waals surface area contributed by atoms with E-state index in [1.807, 2.05) is 20.0 Å². The molecule has 3 radical (unpaired) electrons. The van der Waals surface area contributed by atoms with Gasteiger partial charge in [-0.15, -0.1) is 0 Å². The van der Waals surface area contributed by atoms with Crippen LogP contribution in [0.15, 0.2) is 18.2 Å². The third-order valence-electron chi connectivity index (χ3n) is 3.93. The minimum Gasteiger partial charge on any atom is -0.381 e. The highest BCUT2D eigenvalue weighted by atomic mass is 35.5. The van der Waals surface area contributed by atoms with Crippen LogP contribution in [0.1, 0.15) is 24.0 Å². The molecule has 0 amide bonds. The van der Waals surface area contributed by atoms with E-state index in [2.05, 4.69) is 22.3 Å². The van der Waals surface area contributed by atoms with Crippen LogP contribution in [0.2, 0.25) is 5.02 Å². The molecule has 1 N–H and O–H groups in total. The molecule has 0 unspecified atom stereocenters. The molecule has 2 heterocycles. The zero-order chi connectivity index (χ0) is 15.8. The number of hydrogen-bond donors (Lipinski definition) is 1. The summed E-state index contributed by atoms with van der Waals surface area (Å²) in [6.07, 6.45) is 2.71. The molecule has 2 saturated heterocycles.